The molecule has 1 aliphatic rings. The number of para-hydroxylation sites is 1. The summed E-state index contributed by atoms with van der Waals surface area (Å²) in [6, 6.07) is 15.0. The Kier molecular flexibility index (Phi) is 3.49. The fourth-order valence-corrected chi connectivity index (χ4v) is 2.93. The van der Waals surface area contributed by atoms with Crippen molar-refractivity contribution >= 4 is 0 Å². The molecule has 0 saturated carbocycles. The molecule has 0 saturated heterocycles. The van der Waals surface area contributed by atoms with Gasteiger partial charge in [0.05, 0.1) is 0 Å². The first-order chi connectivity index (χ1) is 9.70. The first kappa shape index (κ1) is 13.2. The predicted molar refractivity (Wildman–Crippen MR) is 83.1 cm³/mol. The monoisotopic (exact) mass is 267 g/mol. The largest absolute Gasteiger partial charge is 0.488 e. The van der Waals surface area contributed by atoms with Crippen LogP contribution in [0.1, 0.15) is 30.9 Å². The van der Waals surface area contributed by atoms with Crippen LogP contribution in [0.3, 0.4) is 0 Å². The highest BCUT2D eigenvalue weighted by Gasteiger charge is 2.25. The van der Waals surface area contributed by atoms with Crippen molar-refractivity contribution < 1.29 is 4.74 Å². The Morgan fingerprint density at radius 3 is 2.60 bits per heavy atom. The maximum Gasteiger partial charge on any atom is 0.130 e. The summed E-state index contributed by atoms with van der Waals surface area (Å²) in [6.45, 7) is 5.02. The third-order valence-electron chi connectivity index (χ3n) is 3.96. The van der Waals surface area contributed by atoms with E-state index in [-0.39, 0.29) is 6.10 Å². The second kappa shape index (κ2) is 5.29. The van der Waals surface area contributed by atoms with E-state index < -0.39 is 0 Å². The Labute approximate surface area is 120 Å². The van der Waals surface area contributed by atoms with E-state index in [1.165, 1.54) is 22.3 Å². The van der Waals surface area contributed by atoms with E-state index in [2.05, 4.69) is 56.3 Å². The number of rotatable bonds is 3. The number of fused-ring (bicyclic) bond motifs is 1. The van der Waals surface area contributed by atoms with E-state index in [4.69, 9.17) is 10.5 Å². The van der Waals surface area contributed by atoms with Crippen LogP contribution < -0.4 is 10.5 Å². The Hall–Kier alpha value is -1.80. The van der Waals surface area contributed by atoms with Crippen LogP contribution in [0.15, 0.2) is 42.5 Å². The lowest BCUT2D eigenvalue weighted by molar-refractivity contribution is 0.242. The molecule has 3 rings (SSSR count). The van der Waals surface area contributed by atoms with E-state index >= 15 is 0 Å². The Morgan fingerprint density at radius 2 is 1.85 bits per heavy atom. The minimum Gasteiger partial charge on any atom is -0.488 e. The lowest BCUT2D eigenvalue weighted by atomic mass is 9.91. The number of benzene rings is 2. The van der Waals surface area contributed by atoms with Crippen molar-refractivity contribution in [3.63, 3.8) is 0 Å². The smallest absolute Gasteiger partial charge is 0.130 e. The normalized spacial score (nSPS) is 17.1. The van der Waals surface area contributed by atoms with Crippen molar-refractivity contribution in [3.8, 4) is 16.9 Å². The lowest BCUT2D eigenvalue weighted by Gasteiger charge is -2.16. The summed E-state index contributed by atoms with van der Waals surface area (Å²) in [4.78, 5) is 0. The summed E-state index contributed by atoms with van der Waals surface area (Å²) >= 11 is 0. The summed E-state index contributed by atoms with van der Waals surface area (Å²) in [5.74, 6) is 1.52. The van der Waals surface area contributed by atoms with Crippen LogP contribution in [0.5, 0.6) is 5.75 Å². The fourth-order valence-electron chi connectivity index (χ4n) is 2.93. The van der Waals surface area contributed by atoms with Gasteiger partial charge in [-0.3, -0.25) is 0 Å². The average Bonchev–Trinajstić information content (AvgIpc) is 2.90. The molecule has 0 spiro atoms. The van der Waals surface area contributed by atoms with Crippen LogP contribution in [0.2, 0.25) is 0 Å². The van der Waals surface area contributed by atoms with Gasteiger partial charge in [-0.15, -0.1) is 0 Å². The van der Waals surface area contributed by atoms with Gasteiger partial charge in [-0.05, 0) is 22.6 Å². The third kappa shape index (κ3) is 2.20. The molecule has 1 atom stereocenters. The molecule has 0 radical (unpaired) electrons. The molecule has 2 heteroatoms. The van der Waals surface area contributed by atoms with E-state index in [0.717, 1.165) is 12.2 Å². The minimum atomic E-state index is 0.123. The van der Waals surface area contributed by atoms with Crippen molar-refractivity contribution in [1.82, 2.24) is 0 Å². The van der Waals surface area contributed by atoms with Crippen LogP contribution in [-0.2, 0) is 6.42 Å². The van der Waals surface area contributed by atoms with E-state index in [1.54, 1.807) is 0 Å². The molecule has 104 valence electrons. The van der Waals surface area contributed by atoms with E-state index in [0.29, 0.717) is 12.5 Å². The van der Waals surface area contributed by atoms with Crippen LogP contribution in [0.25, 0.3) is 11.1 Å². The van der Waals surface area contributed by atoms with Gasteiger partial charge in [-0.2, -0.15) is 0 Å². The van der Waals surface area contributed by atoms with E-state index in [1.807, 2.05) is 0 Å². The molecule has 1 heterocycles. The SMILES string of the molecule is CC(C)c1ccccc1-c1cccc2c1O[C@@H](CN)C2. The third-order valence-corrected chi connectivity index (χ3v) is 3.96. The quantitative estimate of drug-likeness (QED) is 0.919. The topological polar surface area (TPSA) is 35.2 Å². The molecule has 0 aromatic heterocycles. The van der Waals surface area contributed by atoms with Gasteiger partial charge < -0.3 is 10.5 Å². The van der Waals surface area contributed by atoms with Gasteiger partial charge in [-0.25, -0.2) is 0 Å². The van der Waals surface area contributed by atoms with Crippen molar-refractivity contribution in [2.24, 2.45) is 5.73 Å². The number of hydrogen-bond donors (Lipinski definition) is 1. The molecule has 0 aliphatic carbocycles. The van der Waals surface area contributed by atoms with Crippen LogP contribution in [-0.4, -0.2) is 12.6 Å². The van der Waals surface area contributed by atoms with Gasteiger partial charge >= 0.3 is 0 Å². The summed E-state index contributed by atoms with van der Waals surface area (Å²) in [6.07, 6.45) is 1.04. The van der Waals surface area contributed by atoms with Gasteiger partial charge in [-0.1, -0.05) is 56.3 Å². The summed E-state index contributed by atoms with van der Waals surface area (Å²) in [5.41, 5.74) is 10.9. The zero-order valence-electron chi connectivity index (χ0n) is 12.1. The standard InChI is InChI=1S/C18H21NO/c1-12(2)15-7-3-4-8-16(15)17-9-5-6-13-10-14(11-19)20-18(13)17/h3-9,12,14H,10-11,19H2,1-2H3/t14-/m1/s1. The Bertz CT molecular complexity index is 619. The molecule has 2 N–H and O–H groups in total. The molecule has 2 aromatic carbocycles. The fraction of sp³-hybridized carbons (Fsp3) is 0.333. The first-order valence-electron chi connectivity index (χ1n) is 7.28. The second-order valence-electron chi connectivity index (χ2n) is 5.72. The molecule has 2 nitrogen and oxygen atoms in total. The molecule has 0 fully saturated rings. The van der Waals surface area contributed by atoms with Crippen molar-refractivity contribution in [2.45, 2.75) is 32.3 Å². The molecular weight excluding hydrogens is 246 g/mol. The highest BCUT2D eigenvalue weighted by molar-refractivity contribution is 5.76. The lowest BCUT2D eigenvalue weighted by Crippen LogP contribution is -2.24. The average molecular weight is 267 g/mol. The summed E-state index contributed by atoms with van der Waals surface area (Å²) in [7, 11) is 0. The zero-order valence-corrected chi connectivity index (χ0v) is 12.1. The molecule has 0 unspecified atom stereocenters. The van der Waals surface area contributed by atoms with Crippen LogP contribution in [0.4, 0.5) is 0 Å². The minimum absolute atomic E-state index is 0.123. The van der Waals surface area contributed by atoms with Crippen molar-refractivity contribution in [3.05, 3.63) is 53.6 Å². The molecule has 0 bridgehead atoms. The maximum atomic E-state index is 6.05. The number of nitrogens with two attached hydrogens (primary N) is 1. The van der Waals surface area contributed by atoms with Crippen LogP contribution >= 0.6 is 0 Å². The zero-order chi connectivity index (χ0) is 14.1. The van der Waals surface area contributed by atoms with E-state index in [9.17, 15) is 0 Å². The molecule has 2 aromatic rings. The molecule has 1 aliphatic heterocycles. The van der Waals surface area contributed by atoms with Gasteiger partial charge in [0, 0.05) is 18.5 Å². The number of ether oxygens (including phenoxy) is 1. The van der Waals surface area contributed by atoms with Gasteiger partial charge in [0.25, 0.3) is 0 Å². The molecule has 20 heavy (non-hydrogen) atoms. The second-order valence-corrected chi connectivity index (χ2v) is 5.72. The van der Waals surface area contributed by atoms with Crippen molar-refractivity contribution in [2.75, 3.05) is 6.54 Å². The first-order valence-corrected chi connectivity index (χ1v) is 7.28. The predicted octanol–water partition coefficient (Wildman–Crippen LogP) is 3.74. The van der Waals surface area contributed by atoms with Crippen LogP contribution in [0, 0.1) is 0 Å². The maximum absolute atomic E-state index is 6.05. The van der Waals surface area contributed by atoms with Gasteiger partial charge in [0.15, 0.2) is 0 Å². The highest BCUT2D eigenvalue weighted by atomic mass is 16.5. The van der Waals surface area contributed by atoms with Gasteiger partial charge in [0.2, 0.25) is 0 Å². The summed E-state index contributed by atoms with van der Waals surface area (Å²) in [5, 5.41) is 0. The van der Waals surface area contributed by atoms with Crippen molar-refractivity contribution in [1.29, 1.82) is 0 Å². The molecular formula is C18H21NO. The Balaban J connectivity index is 2.12. The Morgan fingerprint density at radius 1 is 1.10 bits per heavy atom. The van der Waals surface area contributed by atoms with Gasteiger partial charge in [0.1, 0.15) is 11.9 Å². The number of hydrogen-bond acceptors (Lipinski definition) is 2. The highest BCUT2D eigenvalue weighted by Crippen LogP contribution is 2.41. The summed E-state index contributed by atoms with van der Waals surface area (Å²) < 4.78 is 6.05. The molecule has 0 amide bonds.